The smallest absolute Gasteiger partial charge is 0.327 e. The van der Waals surface area contributed by atoms with Gasteiger partial charge < -0.3 is 14.9 Å². The van der Waals surface area contributed by atoms with Gasteiger partial charge in [0.15, 0.2) is 0 Å². The number of ether oxygens (including phenoxy) is 1. The third-order valence-electron chi connectivity index (χ3n) is 3.19. The lowest BCUT2D eigenvalue weighted by Crippen LogP contribution is -2.49. The van der Waals surface area contributed by atoms with Crippen LogP contribution in [0.3, 0.4) is 0 Å². The predicted molar refractivity (Wildman–Crippen MR) is 48.9 cm³/mol. The Morgan fingerprint density at radius 1 is 1.50 bits per heavy atom. The fourth-order valence-electron chi connectivity index (χ4n) is 2.34. The van der Waals surface area contributed by atoms with Gasteiger partial charge in [0.25, 0.3) is 0 Å². The van der Waals surface area contributed by atoms with Crippen molar-refractivity contribution in [3.05, 3.63) is 0 Å². The van der Waals surface area contributed by atoms with Gasteiger partial charge in [-0.05, 0) is 19.8 Å². The molecule has 0 spiro atoms. The highest BCUT2D eigenvalue weighted by Gasteiger charge is 2.58. The quantitative estimate of drug-likeness (QED) is 0.447. The number of carbonyl (C=O) groups is 1. The Morgan fingerprint density at radius 3 is 2.79 bits per heavy atom. The fraction of sp³-hybridized carbons (Fsp3) is 0.889. The number of hydrogen-bond donors (Lipinski definition) is 2. The van der Waals surface area contributed by atoms with E-state index >= 15 is 0 Å². The molecule has 0 bridgehead atoms. The van der Waals surface area contributed by atoms with Crippen LogP contribution in [0.25, 0.3) is 0 Å². The van der Waals surface area contributed by atoms with Gasteiger partial charge in [0.05, 0.1) is 18.1 Å². The van der Waals surface area contributed by atoms with E-state index in [-0.39, 0.29) is 6.10 Å². The van der Waals surface area contributed by atoms with E-state index in [4.69, 9.17) is 16.3 Å². The molecule has 2 aliphatic rings. The second-order valence-electron chi connectivity index (χ2n) is 4.18. The predicted octanol–water partition coefficient (Wildman–Crippen LogP) is 0.0411. The molecule has 5 atom stereocenters. The summed E-state index contributed by atoms with van der Waals surface area (Å²) in [6.07, 6.45) is -1.10. The number of aliphatic hydroxyl groups excluding tert-OH is 2. The van der Waals surface area contributed by atoms with Crippen LogP contribution in [0.1, 0.15) is 19.8 Å². The minimum Gasteiger partial charge on any atom is -0.461 e. The Labute approximate surface area is 86.8 Å². The van der Waals surface area contributed by atoms with E-state index in [9.17, 15) is 15.0 Å². The Bertz CT molecular complexity index is 266. The molecule has 0 aromatic rings. The van der Waals surface area contributed by atoms with Crippen molar-refractivity contribution in [1.82, 2.24) is 0 Å². The molecule has 5 unspecified atom stereocenters. The molecule has 1 aliphatic heterocycles. The first-order valence-electron chi connectivity index (χ1n) is 4.70. The fourth-order valence-corrected chi connectivity index (χ4v) is 2.65. The van der Waals surface area contributed by atoms with Crippen LogP contribution in [0, 0.1) is 5.92 Å². The van der Waals surface area contributed by atoms with Crippen molar-refractivity contribution in [2.75, 3.05) is 0 Å². The maximum Gasteiger partial charge on any atom is 0.327 e. The molecule has 1 aliphatic carbocycles. The van der Waals surface area contributed by atoms with E-state index in [1.807, 2.05) is 0 Å². The second kappa shape index (κ2) is 3.08. The zero-order valence-corrected chi connectivity index (χ0v) is 8.57. The van der Waals surface area contributed by atoms with Crippen LogP contribution in [-0.4, -0.2) is 39.4 Å². The Morgan fingerprint density at radius 2 is 2.14 bits per heavy atom. The summed E-state index contributed by atoms with van der Waals surface area (Å²) in [7, 11) is 0. The first-order valence-corrected chi connectivity index (χ1v) is 5.08. The minimum atomic E-state index is -1.20. The number of carbonyl (C=O) groups excluding carboxylic acids is 1. The lowest BCUT2D eigenvalue weighted by Gasteiger charge is -2.35. The molecule has 5 heteroatoms. The van der Waals surface area contributed by atoms with Gasteiger partial charge in [-0.2, -0.15) is 0 Å². The van der Waals surface area contributed by atoms with Gasteiger partial charge in [-0.1, -0.05) is 0 Å². The average molecular weight is 221 g/mol. The number of aliphatic hydroxyl groups is 2. The summed E-state index contributed by atoms with van der Waals surface area (Å²) < 4.78 is 5.06. The van der Waals surface area contributed by atoms with Crippen LogP contribution in [0.4, 0.5) is 0 Å². The van der Waals surface area contributed by atoms with Gasteiger partial charge in [-0.15, -0.1) is 11.6 Å². The van der Waals surface area contributed by atoms with Gasteiger partial charge in [0.2, 0.25) is 0 Å². The Balaban J connectivity index is 2.29. The molecule has 2 N–H and O–H groups in total. The van der Waals surface area contributed by atoms with E-state index < -0.39 is 29.0 Å². The van der Waals surface area contributed by atoms with E-state index in [0.29, 0.717) is 12.8 Å². The third kappa shape index (κ3) is 1.25. The maximum atomic E-state index is 11.4. The number of hydrogen-bond acceptors (Lipinski definition) is 4. The molecule has 2 rings (SSSR count). The van der Waals surface area contributed by atoms with E-state index in [2.05, 4.69) is 0 Å². The molecule has 1 saturated heterocycles. The lowest BCUT2D eigenvalue weighted by molar-refractivity contribution is -0.144. The number of halogens is 1. The highest BCUT2D eigenvalue weighted by molar-refractivity contribution is 6.34. The molecule has 4 nitrogen and oxygen atoms in total. The van der Waals surface area contributed by atoms with Crippen LogP contribution in [0.15, 0.2) is 0 Å². The standard InChI is InChI=1S/C9H13ClO4/c1-9(10)6-5(14-8(9)13)3-2-4(11)7(6)12/h4-7,11-12H,2-3H2,1H3. The van der Waals surface area contributed by atoms with Crippen LogP contribution in [0.2, 0.25) is 0 Å². The molecule has 2 fully saturated rings. The summed E-state index contributed by atoms with van der Waals surface area (Å²) in [6, 6.07) is 0. The van der Waals surface area contributed by atoms with Gasteiger partial charge >= 0.3 is 5.97 Å². The molecule has 1 heterocycles. The second-order valence-corrected chi connectivity index (χ2v) is 4.97. The zero-order chi connectivity index (χ0) is 10.5. The molecule has 0 aromatic carbocycles. The summed E-state index contributed by atoms with van der Waals surface area (Å²) >= 11 is 6.01. The Hall–Kier alpha value is -0.320. The van der Waals surface area contributed by atoms with Crippen molar-refractivity contribution in [3.8, 4) is 0 Å². The van der Waals surface area contributed by atoms with Gasteiger partial charge in [0.1, 0.15) is 11.0 Å². The van der Waals surface area contributed by atoms with Crippen molar-refractivity contribution in [1.29, 1.82) is 0 Å². The molecule has 80 valence electrons. The molecular weight excluding hydrogens is 208 g/mol. The number of esters is 1. The summed E-state index contributed by atoms with van der Waals surface area (Å²) in [5, 5.41) is 19.2. The largest absolute Gasteiger partial charge is 0.461 e. The van der Waals surface area contributed by atoms with Crippen LogP contribution in [-0.2, 0) is 9.53 Å². The van der Waals surface area contributed by atoms with E-state index in [1.54, 1.807) is 0 Å². The molecule has 14 heavy (non-hydrogen) atoms. The number of alkyl halides is 1. The molecule has 0 amide bonds. The summed E-state index contributed by atoms with van der Waals surface area (Å²) in [5.74, 6) is -0.997. The normalized spacial score (nSPS) is 52.7. The SMILES string of the molecule is CC1(Cl)C(=O)OC2CCC(O)C(O)C21. The summed E-state index contributed by atoms with van der Waals surface area (Å²) in [5.41, 5.74) is 0. The average Bonchev–Trinajstić information content (AvgIpc) is 2.32. The zero-order valence-electron chi connectivity index (χ0n) is 7.81. The van der Waals surface area contributed by atoms with Crippen molar-refractivity contribution in [2.45, 2.75) is 43.0 Å². The van der Waals surface area contributed by atoms with Crippen molar-refractivity contribution in [2.24, 2.45) is 5.92 Å². The first kappa shape index (κ1) is 10.2. The van der Waals surface area contributed by atoms with Crippen LogP contribution >= 0.6 is 11.6 Å². The van der Waals surface area contributed by atoms with Crippen molar-refractivity contribution < 1.29 is 19.7 Å². The molecule has 0 radical (unpaired) electrons. The third-order valence-corrected chi connectivity index (χ3v) is 3.60. The highest BCUT2D eigenvalue weighted by Crippen LogP contribution is 2.45. The first-order chi connectivity index (χ1) is 6.44. The van der Waals surface area contributed by atoms with Crippen LogP contribution < -0.4 is 0 Å². The monoisotopic (exact) mass is 220 g/mol. The van der Waals surface area contributed by atoms with E-state index in [1.165, 1.54) is 6.92 Å². The highest BCUT2D eigenvalue weighted by atomic mass is 35.5. The number of fused-ring (bicyclic) bond motifs is 1. The topological polar surface area (TPSA) is 66.8 Å². The number of rotatable bonds is 0. The summed E-state index contributed by atoms with van der Waals surface area (Å²) in [4.78, 5) is 10.2. The minimum absolute atomic E-state index is 0.344. The molecule has 1 saturated carbocycles. The maximum absolute atomic E-state index is 11.4. The van der Waals surface area contributed by atoms with Crippen molar-refractivity contribution >= 4 is 17.6 Å². The molecule has 0 aromatic heterocycles. The van der Waals surface area contributed by atoms with Crippen LogP contribution in [0.5, 0.6) is 0 Å². The Kier molecular flexibility index (Phi) is 2.25. The lowest BCUT2D eigenvalue weighted by atomic mass is 9.77. The van der Waals surface area contributed by atoms with Gasteiger partial charge in [-0.3, -0.25) is 4.79 Å². The van der Waals surface area contributed by atoms with Gasteiger partial charge in [0, 0.05) is 0 Å². The van der Waals surface area contributed by atoms with E-state index in [0.717, 1.165) is 0 Å². The van der Waals surface area contributed by atoms with Crippen molar-refractivity contribution in [3.63, 3.8) is 0 Å². The van der Waals surface area contributed by atoms with Gasteiger partial charge in [-0.25, -0.2) is 0 Å². The molecular formula is C9H13ClO4. The summed E-state index contributed by atoms with van der Waals surface area (Å²) in [6.45, 7) is 1.53.